The van der Waals surface area contributed by atoms with Gasteiger partial charge in [-0.1, -0.05) is 22.9 Å². The number of hydrogen-bond acceptors (Lipinski definition) is 5. The molecule has 2 aromatic rings. The van der Waals surface area contributed by atoms with Crippen LogP contribution in [0.25, 0.3) is 10.2 Å². The molecule has 128 valence electrons. The summed E-state index contributed by atoms with van der Waals surface area (Å²) in [7, 11) is 0. The molecule has 1 aromatic carbocycles. The number of nitrogens with one attached hydrogen (secondary N) is 1. The van der Waals surface area contributed by atoms with Crippen molar-refractivity contribution in [1.82, 2.24) is 20.1 Å². The van der Waals surface area contributed by atoms with Crippen molar-refractivity contribution in [3.8, 4) is 0 Å². The molecule has 1 aromatic heterocycles. The molecule has 0 radical (unpaired) electrons. The number of rotatable bonds is 4. The number of anilines is 1. The van der Waals surface area contributed by atoms with Crippen LogP contribution in [0.2, 0.25) is 5.02 Å². The van der Waals surface area contributed by atoms with Gasteiger partial charge in [-0.25, -0.2) is 9.78 Å². The summed E-state index contributed by atoms with van der Waals surface area (Å²) in [5, 5.41) is 4.65. The first-order valence-corrected chi connectivity index (χ1v) is 9.45. The average molecular weight is 366 g/mol. The Kier molecular flexibility index (Phi) is 4.47. The summed E-state index contributed by atoms with van der Waals surface area (Å²) in [5.41, 5.74) is 0.977. The van der Waals surface area contributed by atoms with Gasteiger partial charge in [-0.05, 0) is 18.2 Å². The first-order chi connectivity index (χ1) is 11.7. The molecular formula is C16H20ClN5OS. The maximum atomic E-state index is 11.6. The summed E-state index contributed by atoms with van der Waals surface area (Å²) in [4.78, 5) is 22.9. The zero-order valence-electron chi connectivity index (χ0n) is 13.4. The van der Waals surface area contributed by atoms with Gasteiger partial charge in [-0.3, -0.25) is 4.90 Å². The number of aromatic nitrogens is 1. The molecule has 1 N–H and O–H groups in total. The third-order valence-electron chi connectivity index (χ3n) is 4.61. The largest absolute Gasteiger partial charge is 0.345 e. The average Bonchev–Trinajstić information content (AvgIpc) is 3.19. The van der Waals surface area contributed by atoms with Crippen molar-refractivity contribution in [1.29, 1.82) is 0 Å². The van der Waals surface area contributed by atoms with Crippen LogP contribution in [0, 0.1) is 0 Å². The van der Waals surface area contributed by atoms with E-state index in [1.54, 1.807) is 11.3 Å². The number of piperazine rings is 1. The topological polar surface area (TPSA) is 51.7 Å². The van der Waals surface area contributed by atoms with Crippen molar-refractivity contribution < 1.29 is 4.79 Å². The molecule has 8 heteroatoms. The number of carbonyl (C=O) groups excluding carboxylic acids is 1. The third kappa shape index (κ3) is 3.29. The van der Waals surface area contributed by atoms with Crippen molar-refractivity contribution in [2.75, 3.05) is 57.3 Å². The Bertz CT molecular complexity index is 743. The lowest BCUT2D eigenvalue weighted by atomic mass is 10.3. The quantitative estimate of drug-likeness (QED) is 0.901. The van der Waals surface area contributed by atoms with Crippen LogP contribution in [0.4, 0.5) is 9.93 Å². The summed E-state index contributed by atoms with van der Waals surface area (Å²) in [5.74, 6) is 0. The van der Waals surface area contributed by atoms with E-state index in [2.05, 4.69) is 15.1 Å². The molecule has 6 nitrogen and oxygen atoms in total. The number of benzene rings is 1. The molecule has 0 saturated carbocycles. The number of thiazole rings is 1. The van der Waals surface area contributed by atoms with Gasteiger partial charge in [0.05, 0.1) is 10.2 Å². The molecule has 2 aliphatic heterocycles. The minimum Gasteiger partial charge on any atom is -0.345 e. The number of halogens is 1. The van der Waals surface area contributed by atoms with Gasteiger partial charge in [0.1, 0.15) is 0 Å². The van der Waals surface area contributed by atoms with Gasteiger partial charge in [0.25, 0.3) is 0 Å². The van der Waals surface area contributed by atoms with E-state index in [0.29, 0.717) is 0 Å². The lowest BCUT2D eigenvalue weighted by Crippen LogP contribution is -2.48. The predicted octanol–water partition coefficient (Wildman–Crippen LogP) is 2.10. The molecule has 0 spiro atoms. The van der Waals surface area contributed by atoms with E-state index < -0.39 is 0 Å². The van der Waals surface area contributed by atoms with Crippen molar-refractivity contribution in [2.45, 2.75) is 0 Å². The second-order valence-corrected chi connectivity index (χ2v) is 7.60. The highest BCUT2D eigenvalue weighted by atomic mass is 35.5. The van der Waals surface area contributed by atoms with Crippen molar-refractivity contribution in [2.24, 2.45) is 0 Å². The van der Waals surface area contributed by atoms with Crippen LogP contribution in [0.3, 0.4) is 0 Å². The predicted molar refractivity (Wildman–Crippen MR) is 98.3 cm³/mol. The van der Waals surface area contributed by atoms with E-state index in [-0.39, 0.29) is 6.03 Å². The summed E-state index contributed by atoms with van der Waals surface area (Å²) in [6.45, 7) is 7.31. The highest BCUT2D eigenvalue weighted by molar-refractivity contribution is 7.22. The Morgan fingerprint density at radius 1 is 1.17 bits per heavy atom. The molecule has 4 rings (SSSR count). The van der Waals surface area contributed by atoms with Gasteiger partial charge in [0.2, 0.25) is 0 Å². The highest BCUT2D eigenvalue weighted by Crippen LogP contribution is 2.30. The van der Waals surface area contributed by atoms with Gasteiger partial charge < -0.3 is 15.1 Å². The first kappa shape index (κ1) is 15.9. The molecule has 0 atom stereocenters. The summed E-state index contributed by atoms with van der Waals surface area (Å²) in [6.07, 6.45) is 0. The minimum atomic E-state index is 0.0711. The molecule has 0 unspecified atom stereocenters. The zero-order valence-corrected chi connectivity index (χ0v) is 14.9. The number of fused-ring (bicyclic) bond motifs is 1. The molecule has 0 aliphatic carbocycles. The van der Waals surface area contributed by atoms with Crippen molar-refractivity contribution >= 4 is 44.3 Å². The molecule has 3 heterocycles. The fourth-order valence-electron chi connectivity index (χ4n) is 3.17. The van der Waals surface area contributed by atoms with Gasteiger partial charge in [0.15, 0.2) is 5.13 Å². The third-order valence-corrected chi connectivity index (χ3v) is 5.94. The SMILES string of the molecule is O=C1NCCN1CCN1CCN(c2nc3cc(Cl)ccc3s2)CC1. The van der Waals surface area contributed by atoms with Crippen LogP contribution >= 0.6 is 22.9 Å². The second-order valence-electron chi connectivity index (χ2n) is 6.16. The Morgan fingerprint density at radius 2 is 2.00 bits per heavy atom. The van der Waals surface area contributed by atoms with Crippen LogP contribution in [0.1, 0.15) is 0 Å². The fourth-order valence-corrected chi connectivity index (χ4v) is 4.34. The van der Waals surface area contributed by atoms with Crippen LogP contribution < -0.4 is 10.2 Å². The van der Waals surface area contributed by atoms with Gasteiger partial charge in [-0.2, -0.15) is 0 Å². The van der Waals surface area contributed by atoms with E-state index >= 15 is 0 Å². The molecule has 2 aliphatic rings. The van der Waals surface area contributed by atoms with E-state index in [0.717, 1.165) is 68.0 Å². The lowest BCUT2D eigenvalue weighted by molar-refractivity contribution is 0.197. The highest BCUT2D eigenvalue weighted by Gasteiger charge is 2.23. The monoisotopic (exact) mass is 365 g/mol. The molecule has 24 heavy (non-hydrogen) atoms. The van der Waals surface area contributed by atoms with Crippen LogP contribution in [-0.2, 0) is 0 Å². The maximum Gasteiger partial charge on any atom is 0.317 e. The van der Waals surface area contributed by atoms with Gasteiger partial charge >= 0.3 is 6.03 Å². The molecule has 2 fully saturated rings. The Labute approximate surface area is 150 Å². The Morgan fingerprint density at radius 3 is 2.75 bits per heavy atom. The zero-order chi connectivity index (χ0) is 16.5. The standard InChI is InChI=1S/C16H20ClN5OS/c17-12-1-2-14-13(11-12)19-16(24-14)22-9-6-20(7-10-22)5-8-21-4-3-18-15(21)23/h1-2,11H,3-10H2,(H,18,23). The first-order valence-electron chi connectivity index (χ1n) is 8.25. The summed E-state index contributed by atoms with van der Waals surface area (Å²) in [6, 6.07) is 5.95. The van der Waals surface area contributed by atoms with E-state index in [1.807, 2.05) is 23.1 Å². The smallest absolute Gasteiger partial charge is 0.317 e. The summed E-state index contributed by atoms with van der Waals surface area (Å²) < 4.78 is 1.18. The normalized spacial score (nSPS) is 19.3. The second kappa shape index (κ2) is 6.74. The van der Waals surface area contributed by atoms with Crippen molar-refractivity contribution in [3.05, 3.63) is 23.2 Å². The minimum absolute atomic E-state index is 0.0711. The maximum absolute atomic E-state index is 11.6. The Balaban J connectivity index is 1.32. The number of hydrogen-bond donors (Lipinski definition) is 1. The molecule has 2 saturated heterocycles. The van der Waals surface area contributed by atoms with E-state index in [4.69, 9.17) is 16.6 Å². The van der Waals surface area contributed by atoms with Gasteiger partial charge in [-0.15, -0.1) is 0 Å². The Hall–Kier alpha value is -1.57. The number of amides is 2. The van der Waals surface area contributed by atoms with Crippen molar-refractivity contribution in [3.63, 3.8) is 0 Å². The van der Waals surface area contributed by atoms with Gasteiger partial charge in [0, 0.05) is 57.4 Å². The van der Waals surface area contributed by atoms with E-state index in [9.17, 15) is 4.79 Å². The molecular weight excluding hydrogens is 346 g/mol. The number of carbonyl (C=O) groups is 1. The van der Waals surface area contributed by atoms with Crippen LogP contribution in [-0.4, -0.2) is 73.2 Å². The lowest BCUT2D eigenvalue weighted by Gasteiger charge is -2.35. The van der Waals surface area contributed by atoms with Crippen LogP contribution in [0.15, 0.2) is 18.2 Å². The molecule has 2 amide bonds. The van der Waals surface area contributed by atoms with Crippen LogP contribution in [0.5, 0.6) is 0 Å². The molecule has 0 bridgehead atoms. The number of nitrogens with zero attached hydrogens (tertiary/aromatic N) is 4. The fraction of sp³-hybridized carbons (Fsp3) is 0.500. The number of urea groups is 1. The summed E-state index contributed by atoms with van der Waals surface area (Å²) >= 11 is 7.77. The van der Waals surface area contributed by atoms with E-state index in [1.165, 1.54) is 4.70 Å².